The minimum atomic E-state index is -1.82. The maximum Gasteiger partial charge on any atom is 0.316 e. The Hall–Kier alpha value is -0.750. The highest BCUT2D eigenvalue weighted by atomic mass is 19.1. The number of hydrogen-bond acceptors (Lipinski definition) is 4. The first-order valence-electron chi connectivity index (χ1n) is 5.14. The van der Waals surface area contributed by atoms with Crippen molar-refractivity contribution < 1.29 is 23.4 Å². The summed E-state index contributed by atoms with van der Waals surface area (Å²) in [4.78, 5) is 11.5. The Morgan fingerprint density at radius 1 is 1.44 bits per heavy atom. The molecule has 0 radical (unpaired) electrons. The largest absolute Gasteiger partial charge is 0.460 e. The normalized spacial score (nSPS) is 35.1. The number of carbonyl (C=O) groups is 1. The Bertz CT molecular complexity index is 267. The highest BCUT2D eigenvalue weighted by molar-refractivity contribution is 5.75. The fourth-order valence-electron chi connectivity index (χ4n) is 1.58. The van der Waals surface area contributed by atoms with Crippen LogP contribution in [0.4, 0.5) is 8.78 Å². The van der Waals surface area contributed by atoms with Gasteiger partial charge in [0.05, 0.1) is 12.6 Å². The quantitative estimate of drug-likeness (QED) is 0.543. The lowest BCUT2D eigenvalue weighted by atomic mass is 10.0. The van der Waals surface area contributed by atoms with Crippen molar-refractivity contribution in [2.24, 2.45) is 5.92 Å². The fraction of sp³-hybridized carbons (Fsp3) is 0.900. The third-order valence-corrected chi connectivity index (χ3v) is 2.29. The number of hydrogen-bond donors (Lipinski definition) is 2. The van der Waals surface area contributed by atoms with Crippen LogP contribution in [-0.4, -0.2) is 41.8 Å². The molecule has 4 nitrogen and oxygen atoms in total. The zero-order chi connectivity index (χ0) is 12.5. The number of halogens is 2. The third-order valence-electron chi connectivity index (χ3n) is 2.29. The average molecular weight is 237 g/mol. The number of aliphatic hydroxyl groups is 1. The molecule has 1 heterocycles. The molecule has 0 bridgehead atoms. The Labute approximate surface area is 93.0 Å². The van der Waals surface area contributed by atoms with Crippen LogP contribution in [-0.2, 0) is 9.53 Å². The number of aliphatic hydroxyl groups excluding tert-OH is 1. The summed E-state index contributed by atoms with van der Waals surface area (Å²) in [6.07, 6.45) is -3.59. The maximum atomic E-state index is 13.6. The molecule has 0 amide bonds. The van der Waals surface area contributed by atoms with Crippen LogP contribution in [0.15, 0.2) is 0 Å². The van der Waals surface area contributed by atoms with E-state index in [2.05, 4.69) is 5.32 Å². The van der Waals surface area contributed by atoms with Crippen LogP contribution in [0.1, 0.15) is 20.8 Å². The summed E-state index contributed by atoms with van der Waals surface area (Å²) < 4.78 is 31.8. The van der Waals surface area contributed by atoms with Gasteiger partial charge in [0.1, 0.15) is 17.7 Å². The van der Waals surface area contributed by atoms with Gasteiger partial charge in [0.15, 0.2) is 6.30 Å². The van der Waals surface area contributed by atoms with Gasteiger partial charge in [0.2, 0.25) is 0 Å². The van der Waals surface area contributed by atoms with Gasteiger partial charge in [-0.15, -0.1) is 0 Å². The smallest absolute Gasteiger partial charge is 0.316 e. The Morgan fingerprint density at radius 3 is 2.38 bits per heavy atom. The molecular weight excluding hydrogens is 220 g/mol. The third kappa shape index (κ3) is 2.89. The van der Waals surface area contributed by atoms with E-state index in [1.807, 2.05) is 0 Å². The summed E-state index contributed by atoms with van der Waals surface area (Å²) in [6.45, 7) is 4.31. The van der Waals surface area contributed by atoms with Gasteiger partial charge in [-0.2, -0.15) is 0 Å². The van der Waals surface area contributed by atoms with Crippen molar-refractivity contribution in [3.05, 3.63) is 0 Å². The zero-order valence-electron chi connectivity index (χ0n) is 9.54. The Morgan fingerprint density at radius 2 is 2.00 bits per heavy atom. The van der Waals surface area contributed by atoms with Gasteiger partial charge in [-0.3, -0.25) is 10.1 Å². The predicted octanol–water partition coefficient (Wildman–Crippen LogP) is 0.542. The maximum absolute atomic E-state index is 13.6. The molecule has 0 aliphatic carbocycles. The van der Waals surface area contributed by atoms with Crippen LogP contribution in [0.5, 0.6) is 0 Å². The van der Waals surface area contributed by atoms with Crippen molar-refractivity contribution in [1.29, 1.82) is 0 Å². The van der Waals surface area contributed by atoms with Crippen molar-refractivity contribution in [1.82, 2.24) is 5.32 Å². The van der Waals surface area contributed by atoms with Gasteiger partial charge in [0, 0.05) is 0 Å². The second kappa shape index (κ2) is 4.63. The lowest BCUT2D eigenvalue weighted by Gasteiger charge is -2.23. The standard InChI is InChI=1S/C10H17F2NO3/c1-10(2,3)16-9(15)6-7(11)5(4-14)13-8(6)12/h5-8,13-14H,4H2,1-3H3. The number of alkyl halides is 2. The van der Waals surface area contributed by atoms with Crippen molar-refractivity contribution in [3.8, 4) is 0 Å². The zero-order valence-corrected chi connectivity index (χ0v) is 9.54. The second-order valence-electron chi connectivity index (χ2n) is 4.86. The molecule has 0 saturated carbocycles. The van der Waals surface area contributed by atoms with Gasteiger partial charge in [-0.05, 0) is 20.8 Å². The van der Waals surface area contributed by atoms with Crippen LogP contribution in [0.3, 0.4) is 0 Å². The first-order valence-corrected chi connectivity index (χ1v) is 5.14. The van der Waals surface area contributed by atoms with E-state index >= 15 is 0 Å². The highest BCUT2D eigenvalue weighted by Crippen LogP contribution is 2.27. The number of carbonyl (C=O) groups excluding carboxylic acids is 1. The molecule has 4 unspecified atom stereocenters. The lowest BCUT2D eigenvalue weighted by Crippen LogP contribution is -2.36. The van der Waals surface area contributed by atoms with Crippen molar-refractivity contribution in [3.63, 3.8) is 0 Å². The van der Waals surface area contributed by atoms with Gasteiger partial charge in [-0.25, -0.2) is 8.78 Å². The minimum Gasteiger partial charge on any atom is -0.460 e. The number of rotatable bonds is 2. The molecule has 0 aromatic heterocycles. The molecule has 1 aliphatic heterocycles. The number of esters is 1. The molecule has 16 heavy (non-hydrogen) atoms. The summed E-state index contributed by atoms with van der Waals surface area (Å²) in [6, 6.07) is -1.05. The average Bonchev–Trinajstić information content (AvgIpc) is 2.38. The van der Waals surface area contributed by atoms with E-state index in [-0.39, 0.29) is 0 Å². The first kappa shape index (κ1) is 13.3. The summed E-state index contributed by atoms with van der Waals surface area (Å²) in [5.41, 5.74) is -0.784. The van der Waals surface area contributed by atoms with E-state index in [1.165, 1.54) is 0 Å². The molecule has 0 aromatic carbocycles. The molecule has 1 aliphatic rings. The predicted molar refractivity (Wildman–Crippen MR) is 53.1 cm³/mol. The number of nitrogens with one attached hydrogen (secondary N) is 1. The molecule has 94 valence electrons. The Balaban J connectivity index is 2.69. The molecule has 6 heteroatoms. The molecule has 1 saturated heterocycles. The van der Waals surface area contributed by atoms with Gasteiger partial charge < -0.3 is 9.84 Å². The molecular formula is C10H17F2NO3. The summed E-state index contributed by atoms with van der Waals surface area (Å²) in [5, 5.41) is 10.9. The molecule has 1 rings (SSSR count). The lowest BCUT2D eigenvalue weighted by molar-refractivity contribution is -0.163. The molecule has 0 spiro atoms. The first-order chi connectivity index (χ1) is 7.26. The van der Waals surface area contributed by atoms with E-state index in [9.17, 15) is 13.6 Å². The van der Waals surface area contributed by atoms with Crippen molar-refractivity contribution in [2.75, 3.05) is 6.61 Å². The summed E-state index contributed by atoms with van der Waals surface area (Å²) >= 11 is 0. The van der Waals surface area contributed by atoms with Crippen LogP contribution < -0.4 is 5.32 Å². The molecule has 1 fully saturated rings. The van der Waals surface area contributed by atoms with Gasteiger partial charge in [-0.1, -0.05) is 0 Å². The topological polar surface area (TPSA) is 58.6 Å². The van der Waals surface area contributed by atoms with Gasteiger partial charge in [0.25, 0.3) is 0 Å². The van der Waals surface area contributed by atoms with Crippen LogP contribution in [0.25, 0.3) is 0 Å². The monoisotopic (exact) mass is 237 g/mol. The highest BCUT2D eigenvalue weighted by Gasteiger charge is 2.49. The minimum absolute atomic E-state index is 0.555. The SMILES string of the molecule is CC(C)(C)OC(=O)C1C(F)NC(CO)C1F. The van der Waals surface area contributed by atoms with E-state index in [4.69, 9.17) is 9.84 Å². The van der Waals surface area contributed by atoms with Crippen LogP contribution >= 0.6 is 0 Å². The molecule has 2 N–H and O–H groups in total. The van der Waals surface area contributed by atoms with Crippen molar-refractivity contribution >= 4 is 5.97 Å². The summed E-state index contributed by atoms with van der Waals surface area (Å²) in [7, 11) is 0. The Kier molecular flexibility index (Phi) is 3.85. The molecule has 4 atom stereocenters. The van der Waals surface area contributed by atoms with E-state index in [0.29, 0.717) is 0 Å². The second-order valence-corrected chi connectivity index (χ2v) is 4.86. The number of ether oxygens (including phenoxy) is 1. The van der Waals surface area contributed by atoms with Gasteiger partial charge >= 0.3 is 5.97 Å². The van der Waals surface area contributed by atoms with Crippen LogP contribution in [0, 0.1) is 5.92 Å². The summed E-state index contributed by atoms with van der Waals surface area (Å²) in [5.74, 6) is -2.42. The molecule has 0 aromatic rings. The van der Waals surface area contributed by atoms with Crippen LogP contribution in [0.2, 0.25) is 0 Å². The van der Waals surface area contributed by atoms with Crippen molar-refractivity contribution in [2.45, 2.75) is 44.9 Å². The van der Waals surface area contributed by atoms with E-state index in [0.717, 1.165) is 0 Å². The fourth-order valence-corrected chi connectivity index (χ4v) is 1.58. The van der Waals surface area contributed by atoms with E-state index < -0.39 is 42.6 Å². The van der Waals surface area contributed by atoms with E-state index in [1.54, 1.807) is 20.8 Å².